The molecule has 0 radical (unpaired) electrons. The van der Waals surface area contributed by atoms with Gasteiger partial charge in [-0.25, -0.2) is 4.39 Å². The number of aliphatic hydroxyl groups excluding tert-OH is 1. The summed E-state index contributed by atoms with van der Waals surface area (Å²) in [5, 5.41) is 10.2. The van der Waals surface area contributed by atoms with Crippen LogP contribution in [0, 0.1) is 5.82 Å². The molecule has 1 N–H and O–H groups in total. The van der Waals surface area contributed by atoms with Crippen molar-refractivity contribution in [2.75, 3.05) is 32.7 Å². The first-order chi connectivity index (χ1) is 11.1. The average molecular weight is 322 g/mol. The molecule has 4 nitrogen and oxygen atoms in total. The van der Waals surface area contributed by atoms with Crippen LogP contribution >= 0.6 is 0 Å². The number of aliphatic hydroxyl groups is 1. The maximum atomic E-state index is 13.0. The Bertz CT molecular complexity index is 484. The maximum absolute atomic E-state index is 13.0. The zero-order valence-corrected chi connectivity index (χ0v) is 13.9. The minimum atomic E-state index is -1.22. The minimum absolute atomic E-state index is 0.311. The fraction of sp³-hybridized carbons (Fsp3) is 0.611. The Balaban J connectivity index is 1.90. The van der Waals surface area contributed by atoms with Crippen molar-refractivity contribution in [3.05, 3.63) is 35.6 Å². The number of nitrogens with zero attached hydrogens (tertiary/aromatic N) is 2. The van der Waals surface area contributed by atoms with Gasteiger partial charge in [-0.1, -0.05) is 25.0 Å². The molecule has 1 saturated heterocycles. The van der Waals surface area contributed by atoms with E-state index >= 15 is 0 Å². The third-order valence-electron chi connectivity index (χ3n) is 4.50. The van der Waals surface area contributed by atoms with Crippen molar-refractivity contribution < 1.29 is 14.3 Å². The van der Waals surface area contributed by atoms with E-state index in [1.165, 1.54) is 49.9 Å². The van der Waals surface area contributed by atoms with Crippen LogP contribution in [0.2, 0.25) is 0 Å². The van der Waals surface area contributed by atoms with E-state index in [1.54, 1.807) is 4.90 Å². The summed E-state index contributed by atoms with van der Waals surface area (Å²) in [5.74, 6) is -0.684. The summed E-state index contributed by atoms with van der Waals surface area (Å²) in [6.07, 6.45) is 3.79. The van der Waals surface area contributed by atoms with E-state index < -0.39 is 6.10 Å². The molecule has 0 saturated carbocycles. The highest BCUT2D eigenvalue weighted by molar-refractivity contribution is 5.82. The first-order valence-electron chi connectivity index (χ1n) is 8.56. The number of benzene rings is 1. The molecule has 1 fully saturated rings. The molecule has 1 aliphatic heterocycles. The Labute approximate surface area is 137 Å². The zero-order chi connectivity index (χ0) is 16.7. The SMILES string of the molecule is CCN(CCN1CCCCCC1)C(=O)C(O)c1ccc(F)cc1. The molecule has 23 heavy (non-hydrogen) atoms. The summed E-state index contributed by atoms with van der Waals surface area (Å²) >= 11 is 0. The van der Waals surface area contributed by atoms with Crippen molar-refractivity contribution in [3.8, 4) is 0 Å². The number of halogens is 1. The van der Waals surface area contributed by atoms with E-state index in [2.05, 4.69) is 4.90 Å². The molecule has 0 bridgehead atoms. The summed E-state index contributed by atoms with van der Waals surface area (Å²) < 4.78 is 13.0. The summed E-state index contributed by atoms with van der Waals surface area (Å²) in [4.78, 5) is 16.5. The highest BCUT2D eigenvalue weighted by Crippen LogP contribution is 2.17. The van der Waals surface area contributed by atoms with E-state index in [1.807, 2.05) is 6.92 Å². The van der Waals surface area contributed by atoms with Gasteiger partial charge >= 0.3 is 0 Å². The molecule has 5 heteroatoms. The number of likely N-dealkylation sites (tertiary alicyclic amines) is 1. The van der Waals surface area contributed by atoms with Crippen LogP contribution in [0.15, 0.2) is 24.3 Å². The second kappa shape index (κ2) is 8.99. The molecule has 0 spiro atoms. The van der Waals surface area contributed by atoms with Gasteiger partial charge in [-0.05, 0) is 50.6 Å². The monoisotopic (exact) mass is 322 g/mol. The van der Waals surface area contributed by atoms with Crippen molar-refractivity contribution in [1.82, 2.24) is 9.80 Å². The van der Waals surface area contributed by atoms with Gasteiger partial charge in [0.2, 0.25) is 0 Å². The Morgan fingerprint density at radius 3 is 2.39 bits per heavy atom. The van der Waals surface area contributed by atoms with Crippen molar-refractivity contribution in [1.29, 1.82) is 0 Å². The summed E-state index contributed by atoms with van der Waals surface area (Å²) in [5.41, 5.74) is 0.435. The molecule has 0 aromatic heterocycles. The molecular weight excluding hydrogens is 295 g/mol. The molecule has 1 heterocycles. The van der Waals surface area contributed by atoms with Gasteiger partial charge in [-0.3, -0.25) is 4.79 Å². The highest BCUT2D eigenvalue weighted by atomic mass is 19.1. The smallest absolute Gasteiger partial charge is 0.256 e. The van der Waals surface area contributed by atoms with E-state index in [4.69, 9.17) is 0 Å². The van der Waals surface area contributed by atoms with Gasteiger partial charge in [0.25, 0.3) is 5.91 Å². The van der Waals surface area contributed by atoms with Gasteiger partial charge in [-0.2, -0.15) is 0 Å². The fourth-order valence-electron chi connectivity index (χ4n) is 3.01. The number of carbonyl (C=O) groups excluding carboxylic acids is 1. The highest BCUT2D eigenvalue weighted by Gasteiger charge is 2.23. The largest absolute Gasteiger partial charge is 0.378 e. The quantitative estimate of drug-likeness (QED) is 0.875. The number of amides is 1. The number of rotatable bonds is 6. The Morgan fingerprint density at radius 2 is 1.83 bits per heavy atom. The Morgan fingerprint density at radius 1 is 1.22 bits per heavy atom. The first-order valence-corrected chi connectivity index (χ1v) is 8.56. The van der Waals surface area contributed by atoms with Crippen LogP contribution in [-0.4, -0.2) is 53.5 Å². The van der Waals surface area contributed by atoms with Crippen LogP contribution in [0.4, 0.5) is 4.39 Å². The molecule has 2 rings (SSSR count). The van der Waals surface area contributed by atoms with E-state index in [0.29, 0.717) is 18.7 Å². The van der Waals surface area contributed by atoms with Crippen molar-refractivity contribution >= 4 is 5.91 Å². The molecular formula is C18H27FN2O2. The normalized spacial score (nSPS) is 17.5. The predicted octanol–water partition coefficient (Wildman–Crippen LogP) is 2.58. The molecule has 0 aliphatic carbocycles. The minimum Gasteiger partial charge on any atom is -0.378 e. The zero-order valence-electron chi connectivity index (χ0n) is 13.9. The summed E-state index contributed by atoms with van der Waals surface area (Å²) in [6, 6.07) is 5.44. The molecule has 1 unspecified atom stereocenters. The van der Waals surface area contributed by atoms with E-state index in [0.717, 1.165) is 19.6 Å². The third kappa shape index (κ3) is 5.29. The topological polar surface area (TPSA) is 43.8 Å². The molecule has 1 aromatic rings. The molecule has 1 atom stereocenters. The van der Waals surface area contributed by atoms with Crippen LogP contribution in [0.25, 0.3) is 0 Å². The number of hydrogen-bond acceptors (Lipinski definition) is 3. The van der Waals surface area contributed by atoms with Gasteiger partial charge in [0.05, 0.1) is 0 Å². The molecule has 1 aliphatic rings. The Hall–Kier alpha value is -1.46. The lowest BCUT2D eigenvalue weighted by atomic mass is 10.1. The average Bonchev–Trinajstić information content (AvgIpc) is 2.84. The van der Waals surface area contributed by atoms with E-state index in [9.17, 15) is 14.3 Å². The predicted molar refractivity (Wildman–Crippen MR) is 88.5 cm³/mol. The number of carbonyl (C=O) groups is 1. The van der Waals surface area contributed by atoms with Crippen LogP contribution in [0.1, 0.15) is 44.3 Å². The lowest BCUT2D eigenvalue weighted by molar-refractivity contribution is -0.140. The van der Waals surface area contributed by atoms with Crippen LogP contribution in [0.3, 0.4) is 0 Å². The molecule has 128 valence electrons. The molecule has 1 aromatic carbocycles. The second-order valence-corrected chi connectivity index (χ2v) is 6.13. The van der Waals surface area contributed by atoms with Crippen LogP contribution < -0.4 is 0 Å². The van der Waals surface area contributed by atoms with Gasteiger partial charge < -0.3 is 14.9 Å². The third-order valence-corrected chi connectivity index (χ3v) is 4.50. The van der Waals surface area contributed by atoms with Crippen molar-refractivity contribution in [2.45, 2.75) is 38.7 Å². The summed E-state index contributed by atoms with van der Waals surface area (Å²) in [7, 11) is 0. The number of likely N-dealkylation sites (N-methyl/N-ethyl adjacent to an activating group) is 1. The standard InChI is InChI=1S/C18H27FN2O2/c1-2-21(14-13-20-11-5-3-4-6-12-20)18(23)17(22)15-7-9-16(19)10-8-15/h7-10,17,22H,2-6,11-14H2,1H3. The van der Waals surface area contributed by atoms with Gasteiger partial charge in [-0.15, -0.1) is 0 Å². The van der Waals surface area contributed by atoms with Crippen molar-refractivity contribution in [3.63, 3.8) is 0 Å². The van der Waals surface area contributed by atoms with Crippen molar-refractivity contribution in [2.24, 2.45) is 0 Å². The second-order valence-electron chi connectivity index (χ2n) is 6.13. The van der Waals surface area contributed by atoms with Crippen LogP contribution in [0.5, 0.6) is 0 Å². The Kier molecular flexibility index (Phi) is 6.99. The van der Waals surface area contributed by atoms with Gasteiger partial charge in [0.1, 0.15) is 5.82 Å². The van der Waals surface area contributed by atoms with Gasteiger partial charge in [0, 0.05) is 19.6 Å². The lowest BCUT2D eigenvalue weighted by Gasteiger charge is -2.27. The first kappa shape index (κ1) is 17.9. The fourth-order valence-corrected chi connectivity index (χ4v) is 3.01. The lowest BCUT2D eigenvalue weighted by Crippen LogP contribution is -2.41. The number of hydrogen-bond donors (Lipinski definition) is 1. The van der Waals surface area contributed by atoms with E-state index in [-0.39, 0.29) is 11.7 Å². The van der Waals surface area contributed by atoms with Crippen LogP contribution in [-0.2, 0) is 4.79 Å². The molecule has 1 amide bonds. The maximum Gasteiger partial charge on any atom is 0.256 e. The van der Waals surface area contributed by atoms with Gasteiger partial charge in [0.15, 0.2) is 6.10 Å². The summed E-state index contributed by atoms with van der Waals surface area (Å²) in [6.45, 7) is 6.12.